The number of benzene rings is 1. The van der Waals surface area contributed by atoms with E-state index in [9.17, 15) is 13.2 Å². The number of nitrogens with zero attached hydrogens (tertiary/aromatic N) is 2. The molecule has 4 rings (SSSR count). The van der Waals surface area contributed by atoms with Crippen LogP contribution in [0.3, 0.4) is 0 Å². The van der Waals surface area contributed by atoms with Crippen LogP contribution in [0.2, 0.25) is 5.02 Å². The Morgan fingerprint density at radius 2 is 1.87 bits per heavy atom. The van der Waals surface area contributed by atoms with Gasteiger partial charge in [0, 0.05) is 25.6 Å². The molecule has 1 aliphatic heterocycles. The van der Waals surface area contributed by atoms with Crippen molar-refractivity contribution in [3.05, 3.63) is 47.2 Å². The van der Waals surface area contributed by atoms with Crippen molar-refractivity contribution in [3.63, 3.8) is 0 Å². The van der Waals surface area contributed by atoms with Gasteiger partial charge < -0.3 is 4.74 Å². The molecular formula is C21H24ClN3O4S. The van der Waals surface area contributed by atoms with Gasteiger partial charge in [0.05, 0.1) is 21.1 Å². The maximum atomic E-state index is 13.1. The number of halogens is 1. The molecule has 1 aromatic heterocycles. The molecule has 1 saturated heterocycles. The fraction of sp³-hybridized carbons (Fsp3) is 0.476. The van der Waals surface area contributed by atoms with Crippen molar-refractivity contribution in [2.75, 3.05) is 18.5 Å². The van der Waals surface area contributed by atoms with Crippen LogP contribution in [0.5, 0.6) is 0 Å². The van der Waals surface area contributed by atoms with E-state index in [4.69, 9.17) is 16.3 Å². The SMILES string of the molecule is O=C(Nc1ncccn1)[C@H](CC1CCOCC1)c1ccc(S(=O)(=O)C2CC2)c(Cl)c1. The van der Waals surface area contributed by atoms with Crippen molar-refractivity contribution >= 4 is 33.3 Å². The Morgan fingerprint density at radius 3 is 2.50 bits per heavy atom. The first-order valence-electron chi connectivity index (χ1n) is 10.1. The first-order valence-corrected chi connectivity index (χ1v) is 12.1. The molecule has 7 nitrogen and oxygen atoms in total. The minimum absolute atomic E-state index is 0.145. The van der Waals surface area contributed by atoms with Crippen molar-refractivity contribution in [3.8, 4) is 0 Å². The summed E-state index contributed by atoms with van der Waals surface area (Å²) in [6.45, 7) is 1.36. The Morgan fingerprint density at radius 1 is 1.17 bits per heavy atom. The van der Waals surface area contributed by atoms with Crippen LogP contribution >= 0.6 is 11.6 Å². The van der Waals surface area contributed by atoms with Crippen LogP contribution in [0, 0.1) is 5.92 Å². The summed E-state index contributed by atoms with van der Waals surface area (Å²) in [4.78, 5) is 21.4. The van der Waals surface area contributed by atoms with Gasteiger partial charge in [-0.25, -0.2) is 18.4 Å². The number of hydrogen-bond acceptors (Lipinski definition) is 6. The van der Waals surface area contributed by atoms with Gasteiger partial charge >= 0.3 is 0 Å². The molecule has 0 bridgehead atoms. The number of nitrogens with one attached hydrogen (secondary N) is 1. The second-order valence-corrected chi connectivity index (χ2v) is 10.4. The van der Waals surface area contributed by atoms with E-state index >= 15 is 0 Å². The number of hydrogen-bond donors (Lipinski definition) is 1. The molecule has 0 unspecified atom stereocenters. The molecule has 1 N–H and O–H groups in total. The monoisotopic (exact) mass is 449 g/mol. The van der Waals surface area contributed by atoms with Crippen LogP contribution in [-0.2, 0) is 19.4 Å². The highest BCUT2D eigenvalue weighted by Gasteiger charge is 2.38. The highest BCUT2D eigenvalue weighted by atomic mass is 35.5. The number of aromatic nitrogens is 2. The molecule has 2 aromatic rings. The smallest absolute Gasteiger partial charge is 0.234 e. The molecule has 2 aliphatic rings. The average Bonchev–Trinajstić information content (AvgIpc) is 3.59. The van der Waals surface area contributed by atoms with E-state index in [2.05, 4.69) is 15.3 Å². The predicted octanol–water partition coefficient (Wildman–Crippen LogP) is 3.61. The fourth-order valence-corrected chi connectivity index (χ4v) is 6.01. The predicted molar refractivity (Wildman–Crippen MR) is 113 cm³/mol. The molecule has 2 fully saturated rings. The van der Waals surface area contributed by atoms with E-state index in [1.165, 1.54) is 6.07 Å². The number of anilines is 1. The molecule has 2 heterocycles. The summed E-state index contributed by atoms with van der Waals surface area (Å²) >= 11 is 6.38. The zero-order valence-corrected chi connectivity index (χ0v) is 18.0. The zero-order valence-electron chi connectivity index (χ0n) is 16.5. The Labute approximate surface area is 181 Å². The van der Waals surface area contributed by atoms with Crippen molar-refractivity contribution in [2.24, 2.45) is 5.92 Å². The minimum Gasteiger partial charge on any atom is -0.381 e. The maximum Gasteiger partial charge on any atom is 0.234 e. The Bertz CT molecular complexity index is 1010. The van der Waals surface area contributed by atoms with Crippen molar-refractivity contribution in [1.29, 1.82) is 0 Å². The number of sulfone groups is 1. The van der Waals surface area contributed by atoms with Crippen LogP contribution < -0.4 is 5.32 Å². The molecule has 30 heavy (non-hydrogen) atoms. The summed E-state index contributed by atoms with van der Waals surface area (Å²) < 4.78 is 30.6. The molecular weight excluding hydrogens is 426 g/mol. The Hall–Kier alpha value is -2.03. The third-order valence-corrected chi connectivity index (χ3v) is 8.40. The van der Waals surface area contributed by atoms with Gasteiger partial charge in [0.2, 0.25) is 11.9 Å². The lowest BCUT2D eigenvalue weighted by atomic mass is 9.84. The third-order valence-electron chi connectivity index (χ3n) is 5.66. The van der Waals surface area contributed by atoms with Gasteiger partial charge in [-0.1, -0.05) is 17.7 Å². The topological polar surface area (TPSA) is 98.2 Å². The highest BCUT2D eigenvalue weighted by Crippen LogP contribution is 2.38. The van der Waals surface area contributed by atoms with E-state index in [-0.39, 0.29) is 27.0 Å². The highest BCUT2D eigenvalue weighted by molar-refractivity contribution is 7.92. The maximum absolute atomic E-state index is 13.1. The quantitative estimate of drug-likeness (QED) is 0.693. The minimum atomic E-state index is -3.40. The van der Waals surface area contributed by atoms with Crippen molar-refractivity contribution in [1.82, 2.24) is 9.97 Å². The second kappa shape index (κ2) is 8.99. The molecule has 1 saturated carbocycles. The summed E-state index contributed by atoms with van der Waals surface area (Å²) in [5, 5.41) is 2.60. The summed E-state index contributed by atoms with van der Waals surface area (Å²) in [6, 6.07) is 6.53. The van der Waals surface area contributed by atoms with Gasteiger partial charge in [-0.05, 0) is 61.8 Å². The lowest BCUT2D eigenvalue weighted by molar-refractivity contribution is -0.118. The Balaban J connectivity index is 1.61. The van der Waals surface area contributed by atoms with E-state index in [0.717, 1.165) is 12.8 Å². The van der Waals surface area contributed by atoms with Gasteiger partial charge in [0.1, 0.15) is 0 Å². The number of ether oxygens (including phenoxy) is 1. The lowest BCUT2D eigenvalue weighted by Gasteiger charge is -2.26. The Kier molecular flexibility index (Phi) is 6.36. The van der Waals surface area contributed by atoms with Crippen LogP contribution in [0.1, 0.15) is 43.6 Å². The lowest BCUT2D eigenvalue weighted by Crippen LogP contribution is -2.26. The summed E-state index contributed by atoms with van der Waals surface area (Å²) in [7, 11) is -3.40. The number of amides is 1. The number of carbonyl (C=O) groups is 1. The second-order valence-electron chi connectivity index (χ2n) is 7.84. The first kappa shape index (κ1) is 21.2. The number of carbonyl (C=O) groups excluding carboxylic acids is 1. The van der Waals surface area contributed by atoms with Gasteiger partial charge in [-0.15, -0.1) is 0 Å². The summed E-state index contributed by atoms with van der Waals surface area (Å²) in [6.07, 6.45) is 6.85. The normalized spacial score (nSPS) is 18.7. The molecule has 0 spiro atoms. The van der Waals surface area contributed by atoms with E-state index in [1.54, 1.807) is 30.6 Å². The first-order chi connectivity index (χ1) is 14.4. The van der Waals surface area contributed by atoms with Gasteiger partial charge in [0.15, 0.2) is 9.84 Å². The standard InChI is InChI=1S/C21H24ClN3O4S/c22-18-13-15(2-5-19(18)30(27,28)16-3-4-16)17(12-14-6-10-29-11-7-14)20(26)25-21-23-8-1-9-24-21/h1-2,5,8-9,13-14,16-17H,3-4,6-7,10-12H2,(H,23,24,25,26)/t17-/m1/s1. The molecule has 1 aliphatic carbocycles. The molecule has 0 radical (unpaired) electrons. The summed E-state index contributed by atoms with van der Waals surface area (Å²) in [5.74, 6) is -0.160. The summed E-state index contributed by atoms with van der Waals surface area (Å²) in [5.41, 5.74) is 0.690. The van der Waals surface area contributed by atoms with Crippen LogP contribution in [0.25, 0.3) is 0 Å². The molecule has 160 valence electrons. The van der Waals surface area contributed by atoms with Crippen LogP contribution in [-0.4, -0.2) is 42.8 Å². The average molecular weight is 450 g/mol. The largest absolute Gasteiger partial charge is 0.381 e. The fourth-order valence-electron chi connectivity index (χ4n) is 3.79. The van der Waals surface area contributed by atoms with Gasteiger partial charge in [-0.3, -0.25) is 10.1 Å². The molecule has 1 atom stereocenters. The van der Waals surface area contributed by atoms with Crippen molar-refractivity contribution in [2.45, 2.75) is 48.2 Å². The van der Waals surface area contributed by atoms with E-state index in [0.29, 0.717) is 44.0 Å². The zero-order chi connectivity index (χ0) is 21.1. The number of rotatable bonds is 7. The van der Waals surface area contributed by atoms with E-state index in [1.807, 2.05) is 0 Å². The van der Waals surface area contributed by atoms with Crippen LogP contribution in [0.4, 0.5) is 5.95 Å². The third kappa shape index (κ3) is 4.82. The van der Waals surface area contributed by atoms with Gasteiger partial charge in [0.25, 0.3) is 0 Å². The van der Waals surface area contributed by atoms with Gasteiger partial charge in [-0.2, -0.15) is 0 Å². The van der Waals surface area contributed by atoms with Crippen molar-refractivity contribution < 1.29 is 17.9 Å². The molecule has 9 heteroatoms. The van der Waals surface area contributed by atoms with E-state index < -0.39 is 15.8 Å². The molecule has 1 aromatic carbocycles. The van der Waals surface area contributed by atoms with Crippen LogP contribution in [0.15, 0.2) is 41.6 Å². The molecule has 1 amide bonds.